The summed E-state index contributed by atoms with van der Waals surface area (Å²) in [6, 6.07) is 0. The van der Waals surface area contributed by atoms with Crippen LogP contribution in [0.5, 0.6) is 0 Å². The zero-order valence-corrected chi connectivity index (χ0v) is 11.2. The number of aromatic nitrogens is 3. The molecule has 0 spiro atoms. The molecule has 2 aromatic rings. The van der Waals surface area contributed by atoms with Gasteiger partial charge < -0.3 is 20.6 Å². The second kappa shape index (κ2) is 5.06. The van der Waals surface area contributed by atoms with E-state index in [1.807, 2.05) is 0 Å². The minimum atomic E-state index is -1.15. The molecule has 108 valence electrons. The minimum absolute atomic E-state index is 0.0429. The zero-order chi connectivity index (χ0) is 14.9. The van der Waals surface area contributed by atoms with Gasteiger partial charge in [0.2, 0.25) is 0 Å². The van der Waals surface area contributed by atoms with Gasteiger partial charge in [-0.3, -0.25) is 4.68 Å². The van der Waals surface area contributed by atoms with Crippen molar-refractivity contribution >= 4 is 22.7 Å². The Morgan fingerprint density at radius 1 is 1.40 bits per heavy atom. The molecule has 20 heavy (non-hydrogen) atoms. The Bertz CT molecular complexity index is 648. The molecule has 0 fully saturated rings. The normalized spacial score (nSPS) is 11.8. The summed E-state index contributed by atoms with van der Waals surface area (Å²) in [6.45, 7) is 0.876. The number of pyridine rings is 1. The van der Waals surface area contributed by atoms with Gasteiger partial charge in [0.15, 0.2) is 5.65 Å². The summed E-state index contributed by atoms with van der Waals surface area (Å²) in [6.07, 6.45) is 2.72. The maximum atomic E-state index is 11.3. The molecule has 2 aromatic heterocycles. The molecule has 0 aliphatic carbocycles. The van der Waals surface area contributed by atoms with E-state index >= 15 is 0 Å². The number of carboxylic acids is 1. The minimum Gasteiger partial charge on any atom is -0.478 e. The summed E-state index contributed by atoms with van der Waals surface area (Å²) >= 11 is 0. The number of hydrogen-bond acceptors (Lipinski definition) is 6. The molecule has 0 amide bonds. The first kappa shape index (κ1) is 14.2. The van der Waals surface area contributed by atoms with Crippen molar-refractivity contribution in [3.63, 3.8) is 0 Å². The van der Waals surface area contributed by atoms with Gasteiger partial charge in [-0.15, -0.1) is 0 Å². The highest BCUT2D eigenvalue weighted by molar-refractivity contribution is 6.03. The average Bonchev–Trinajstić information content (AvgIpc) is 2.81. The van der Waals surface area contributed by atoms with E-state index in [4.69, 9.17) is 0 Å². The Morgan fingerprint density at radius 3 is 2.60 bits per heavy atom. The molecule has 0 aliphatic rings. The van der Waals surface area contributed by atoms with Gasteiger partial charge in [0.1, 0.15) is 5.56 Å². The summed E-state index contributed by atoms with van der Waals surface area (Å²) in [5.74, 6) is -1.15. The highest BCUT2D eigenvalue weighted by Crippen LogP contribution is 2.28. The van der Waals surface area contributed by atoms with Crippen LogP contribution in [-0.4, -0.2) is 54.8 Å². The highest BCUT2D eigenvalue weighted by Gasteiger charge is 2.26. The van der Waals surface area contributed by atoms with Gasteiger partial charge in [-0.2, -0.15) is 5.10 Å². The SMILES string of the molecule is Cn1ncc2c(NC(C)(CO)CO)c(C(=O)O)cnc21. The van der Waals surface area contributed by atoms with Gasteiger partial charge in [0.05, 0.1) is 36.0 Å². The number of aryl methyl sites for hydroxylation is 1. The fourth-order valence-electron chi connectivity index (χ4n) is 1.82. The van der Waals surface area contributed by atoms with Crippen molar-refractivity contribution in [1.29, 1.82) is 0 Å². The van der Waals surface area contributed by atoms with Crippen LogP contribution < -0.4 is 5.32 Å². The monoisotopic (exact) mass is 280 g/mol. The van der Waals surface area contributed by atoms with Crippen LogP contribution in [0, 0.1) is 0 Å². The number of aromatic carboxylic acids is 1. The first-order chi connectivity index (χ1) is 9.41. The molecule has 8 nitrogen and oxygen atoms in total. The van der Waals surface area contributed by atoms with E-state index in [1.165, 1.54) is 17.1 Å². The third-order valence-corrected chi connectivity index (χ3v) is 3.12. The summed E-state index contributed by atoms with van der Waals surface area (Å²) in [7, 11) is 1.69. The van der Waals surface area contributed by atoms with Gasteiger partial charge >= 0.3 is 5.97 Å². The number of aliphatic hydroxyl groups is 2. The average molecular weight is 280 g/mol. The number of aliphatic hydroxyl groups excluding tert-OH is 2. The van der Waals surface area contributed by atoms with Crippen LogP contribution in [-0.2, 0) is 7.05 Å². The zero-order valence-electron chi connectivity index (χ0n) is 11.2. The van der Waals surface area contributed by atoms with Gasteiger partial charge in [-0.25, -0.2) is 9.78 Å². The number of fused-ring (bicyclic) bond motifs is 1. The molecule has 2 rings (SSSR count). The van der Waals surface area contributed by atoms with Gasteiger partial charge in [0.25, 0.3) is 0 Å². The van der Waals surface area contributed by atoms with E-state index in [1.54, 1.807) is 14.0 Å². The van der Waals surface area contributed by atoms with E-state index in [0.29, 0.717) is 11.0 Å². The molecule has 0 radical (unpaired) electrons. The van der Waals surface area contributed by atoms with E-state index < -0.39 is 11.5 Å². The molecule has 0 atom stereocenters. The predicted molar refractivity (Wildman–Crippen MR) is 71.7 cm³/mol. The fraction of sp³-hybridized carbons (Fsp3) is 0.417. The maximum absolute atomic E-state index is 11.3. The van der Waals surface area contributed by atoms with Crippen molar-refractivity contribution in [1.82, 2.24) is 14.8 Å². The Balaban J connectivity index is 2.64. The van der Waals surface area contributed by atoms with Crippen LogP contribution in [0.25, 0.3) is 11.0 Å². The second-order valence-corrected chi connectivity index (χ2v) is 4.86. The fourth-order valence-corrected chi connectivity index (χ4v) is 1.82. The number of nitrogens with one attached hydrogen (secondary N) is 1. The third kappa shape index (κ3) is 2.30. The number of hydrogen-bond donors (Lipinski definition) is 4. The summed E-state index contributed by atoms with van der Waals surface area (Å²) in [5, 5.41) is 35.4. The van der Waals surface area contributed by atoms with Crippen molar-refractivity contribution in [2.75, 3.05) is 18.5 Å². The molecule has 2 heterocycles. The number of carboxylic acid groups (broad SMARTS) is 1. The molecule has 4 N–H and O–H groups in total. The standard InChI is InChI=1S/C12H16N4O4/c1-12(5-17,6-18)15-9-7-4-14-16(2)10(7)13-3-8(9)11(19)20/h3-4,17-18H,5-6H2,1-2H3,(H,13,15)(H,19,20). The number of nitrogens with zero attached hydrogens (tertiary/aromatic N) is 3. The maximum Gasteiger partial charge on any atom is 0.339 e. The molecular formula is C12H16N4O4. The van der Waals surface area contributed by atoms with Crippen molar-refractivity contribution in [3.8, 4) is 0 Å². The van der Waals surface area contributed by atoms with Crippen LogP contribution in [0.1, 0.15) is 17.3 Å². The molecule has 0 saturated heterocycles. The Kier molecular flexibility index (Phi) is 3.60. The lowest BCUT2D eigenvalue weighted by Crippen LogP contribution is -2.43. The topological polar surface area (TPSA) is 120 Å². The number of rotatable bonds is 5. The van der Waals surface area contributed by atoms with E-state index in [-0.39, 0.29) is 24.5 Å². The van der Waals surface area contributed by atoms with Crippen molar-refractivity contribution in [2.24, 2.45) is 7.05 Å². The number of carbonyl (C=O) groups is 1. The van der Waals surface area contributed by atoms with Crippen LogP contribution in [0.15, 0.2) is 12.4 Å². The molecule has 0 unspecified atom stereocenters. The van der Waals surface area contributed by atoms with Crippen molar-refractivity contribution in [2.45, 2.75) is 12.5 Å². The lowest BCUT2D eigenvalue weighted by Gasteiger charge is -2.28. The van der Waals surface area contributed by atoms with Crippen LogP contribution in [0.2, 0.25) is 0 Å². The molecular weight excluding hydrogens is 264 g/mol. The Labute approximate surface area is 114 Å². The first-order valence-electron chi connectivity index (χ1n) is 5.96. The third-order valence-electron chi connectivity index (χ3n) is 3.12. The van der Waals surface area contributed by atoms with E-state index in [0.717, 1.165) is 0 Å². The molecule has 0 aromatic carbocycles. The van der Waals surface area contributed by atoms with E-state index in [2.05, 4.69) is 15.4 Å². The largest absolute Gasteiger partial charge is 0.478 e. The summed E-state index contributed by atoms with van der Waals surface area (Å²) in [5.41, 5.74) is -0.301. The first-order valence-corrected chi connectivity index (χ1v) is 5.96. The lowest BCUT2D eigenvalue weighted by molar-refractivity contribution is 0.0697. The lowest BCUT2D eigenvalue weighted by atomic mass is 10.0. The molecule has 0 aliphatic heterocycles. The number of anilines is 1. The molecule has 0 bridgehead atoms. The summed E-state index contributed by atoms with van der Waals surface area (Å²) < 4.78 is 1.52. The Morgan fingerprint density at radius 2 is 2.05 bits per heavy atom. The smallest absolute Gasteiger partial charge is 0.339 e. The van der Waals surface area contributed by atoms with Crippen molar-refractivity contribution in [3.05, 3.63) is 18.0 Å². The van der Waals surface area contributed by atoms with E-state index in [9.17, 15) is 20.1 Å². The predicted octanol–water partition coefficient (Wildman–Crippen LogP) is -0.178. The van der Waals surface area contributed by atoms with Crippen LogP contribution >= 0.6 is 0 Å². The molecule has 0 saturated carbocycles. The van der Waals surface area contributed by atoms with Crippen LogP contribution in [0.4, 0.5) is 5.69 Å². The highest BCUT2D eigenvalue weighted by atomic mass is 16.4. The van der Waals surface area contributed by atoms with Gasteiger partial charge in [-0.1, -0.05) is 0 Å². The quantitative estimate of drug-likeness (QED) is 0.599. The Hall–Kier alpha value is -2.19. The van der Waals surface area contributed by atoms with Gasteiger partial charge in [-0.05, 0) is 6.92 Å². The second-order valence-electron chi connectivity index (χ2n) is 4.86. The molecule has 8 heteroatoms. The van der Waals surface area contributed by atoms with Gasteiger partial charge in [0, 0.05) is 13.2 Å². The van der Waals surface area contributed by atoms with Crippen LogP contribution in [0.3, 0.4) is 0 Å². The van der Waals surface area contributed by atoms with Crippen molar-refractivity contribution < 1.29 is 20.1 Å². The summed E-state index contributed by atoms with van der Waals surface area (Å²) in [4.78, 5) is 15.4.